The van der Waals surface area contributed by atoms with Gasteiger partial charge in [0.2, 0.25) is 11.8 Å². The average molecular weight is 415 g/mol. The lowest BCUT2D eigenvalue weighted by atomic mass is 9.82. The van der Waals surface area contributed by atoms with Crippen LogP contribution < -0.4 is 5.32 Å². The molecule has 0 aromatic heterocycles. The number of nitrogens with zero attached hydrogens (tertiary/aromatic N) is 3. The van der Waals surface area contributed by atoms with Gasteiger partial charge in [0.05, 0.1) is 12.0 Å². The summed E-state index contributed by atoms with van der Waals surface area (Å²) in [6.45, 7) is 10.8. The molecule has 1 fully saturated rings. The predicted octanol–water partition coefficient (Wildman–Crippen LogP) is 1.87. The molecule has 0 atom stereocenters. The van der Waals surface area contributed by atoms with E-state index in [1.807, 2.05) is 34.1 Å². The third-order valence-corrected chi connectivity index (χ3v) is 6.67. The summed E-state index contributed by atoms with van der Waals surface area (Å²) >= 11 is 0. The molecule has 2 heterocycles. The van der Waals surface area contributed by atoms with E-state index in [4.69, 9.17) is 0 Å². The molecular formula is C23H34N4O3. The maximum atomic E-state index is 13.2. The van der Waals surface area contributed by atoms with Crippen molar-refractivity contribution in [1.82, 2.24) is 20.0 Å². The number of nitrogens with one attached hydrogen (secondary N) is 1. The lowest BCUT2D eigenvalue weighted by Crippen LogP contribution is -2.58. The number of amides is 3. The fraction of sp³-hybridized carbons (Fsp3) is 0.609. The summed E-state index contributed by atoms with van der Waals surface area (Å²) in [5, 5.41) is 3.05. The zero-order valence-corrected chi connectivity index (χ0v) is 18.4. The van der Waals surface area contributed by atoms with E-state index in [0.717, 1.165) is 30.8 Å². The molecule has 7 nitrogen and oxygen atoms in total. The van der Waals surface area contributed by atoms with Crippen LogP contribution in [0.25, 0.3) is 0 Å². The van der Waals surface area contributed by atoms with E-state index < -0.39 is 5.54 Å². The fourth-order valence-corrected chi connectivity index (χ4v) is 4.67. The Labute approximate surface area is 179 Å². The Morgan fingerprint density at radius 3 is 2.40 bits per heavy atom. The monoisotopic (exact) mass is 414 g/mol. The van der Waals surface area contributed by atoms with Crippen molar-refractivity contribution in [3.63, 3.8) is 0 Å². The molecule has 2 aliphatic heterocycles. The van der Waals surface area contributed by atoms with Gasteiger partial charge in [-0.05, 0) is 37.6 Å². The first-order chi connectivity index (χ1) is 14.4. The van der Waals surface area contributed by atoms with Crippen LogP contribution in [0.2, 0.25) is 0 Å². The van der Waals surface area contributed by atoms with Crippen molar-refractivity contribution in [2.24, 2.45) is 0 Å². The molecule has 0 aliphatic carbocycles. The number of rotatable bonds is 8. The van der Waals surface area contributed by atoms with Gasteiger partial charge in [0, 0.05) is 45.2 Å². The Kier molecular flexibility index (Phi) is 7.13. The van der Waals surface area contributed by atoms with Gasteiger partial charge < -0.3 is 20.0 Å². The Balaban J connectivity index is 1.72. The van der Waals surface area contributed by atoms with Gasteiger partial charge in [0.1, 0.15) is 0 Å². The minimum atomic E-state index is -0.554. The van der Waals surface area contributed by atoms with Crippen LogP contribution in [-0.2, 0) is 16.1 Å². The van der Waals surface area contributed by atoms with Gasteiger partial charge in [-0.15, -0.1) is 0 Å². The summed E-state index contributed by atoms with van der Waals surface area (Å²) in [4.78, 5) is 43.8. The van der Waals surface area contributed by atoms with Crippen LogP contribution in [0.4, 0.5) is 0 Å². The fourth-order valence-electron chi connectivity index (χ4n) is 4.67. The molecule has 2 aliphatic rings. The van der Waals surface area contributed by atoms with E-state index >= 15 is 0 Å². The molecule has 0 spiro atoms. The largest absolute Gasteiger partial charge is 0.355 e. The van der Waals surface area contributed by atoms with Gasteiger partial charge in [0.15, 0.2) is 0 Å². The molecule has 0 radical (unpaired) electrons. The Hall–Kier alpha value is -2.41. The highest BCUT2D eigenvalue weighted by Crippen LogP contribution is 2.38. The van der Waals surface area contributed by atoms with E-state index in [9.17, 15) is 14.4 Å². The van der Waals surface area contributed by atoms with Crippen molar-refractivity contribution in [2.75, 3.05) is 39.3 Å². The van der Waals surface area contributed by atoms with Crippen LogP contribution in [0.15, 0.2) is 24.3 Å². The first-order valence-corrected chi connectivity index (χ1v) is 11.0. The Morgan fingerprint density at radius 1 is 1.13 bits per heavy atom. The lowest BCUT2D eigenvalue weighted by Gasteiger charge is -2.47. The SMILES string of the molecule is CCN(CC)CCNC(=O)CC1(N2Cc3ccccc3C2=O)CCN(C(C)=O)CC1. The number of carbonyl (C=O) groups excluding carboxylic acids is 3. The highest BCUT2D eigenvalue weighted by Gasteiger charge is 2.47. The normalized spacial score (nSPS) is 17.9. The molecule has 3 amide bonds. The van der Waals surface area contributed by atoms with Gasteiger partial charge in [-0.2, -0.15) is 0 Å². The topological polar surface area (TPSA) is 73.0 Å². The van der Waals surface area contributed by atoms with Gasteiger partial charge in [0.25, 0.3) is 5.91 Å². The van der Waals surface area contributed by atoms with Crippen molar-refractivity contribution < 1.29 is 14.4 Å². The van der Waals surface area contributed by atoms with Crippen molar-refractivity contribution in [1.29, 1.82) is 0 Å². The predicted molar refractivity (Wildman–Crippen MR) is 116 cm³/mol. The number of hydrogen-bond donors (Lipinski definition) is 1. The molecule has 1 aromatic rings. The summed E-state index contributed by atoms with van der Waals surface area (Å²) in [6.07, 6.45) is 1.52. The zero-order chi connectivity index (χ0) is 21.7. The van der Waals surface area contributed by atoms with Crippen molar-refractivity contribution in [2.45, 2.75) is 52.1 Å². The number of carbonyl (C=O) groups is 3. The number of likely N-dealkylation sites (tertiary alicyclic amines) is 1. The Bertz CT molecular complexity index is 782. The molecule has 0 bridgehead atoms. The molecule has 1 aromatic carbocycles. The molecule has 30 heavy (non-hydrogen) atoms. The van der Waals surface area contributed by atoms with Crippen molar-refractivity contribution in [3.8, 4) is 0 Å². The quantitative estimate of drug-likeness (QED) is 0.705. The van der Waals surface area contributed by atoms with E-state index in [0.29, 0.717) is 39.0 Å². The zero-order valence-electron chi connectivity index (χ0n) is 18.4. The van der Waals surface area contributed by atoms with Gasteiger partial charge in [-0.25, -0.2) is 0 Å². The highest BCUT2D eigenvalue weighted by atomic mass is 16.2. The third-order valence-electron chi connectivity index (χ3n) is 6.67. The van der Waals surface area contributed by atoms with Gasteiger partial charge in [-0.1, -0.05) is 32.0 Å². The number of piperidine rings is 1. The minimum Gasteiger partial charge on any atom is -0.355 e. The number of hydrogen-bond acceptors (Lipinski definition) is 4. The van der Waals surface area contributed by atoms with Crippen LogP contribution in [-0.4, -0.2) is 77.2 Å². The summed E-state index contributed by atoms with van der Waals surface area (Å²) in [5.41, 5.74) is 1.19. The number of likely N-dealkylation sites (N-methyl/N-ethyl adjacent to an activating group) is 1. The van der Waals surface area contributed by atoms with Crippen LogP contribution in [0.3, 0.4) is 0 Å². The molecule has 1 saturated heterocycles. The molecule has 3 rings (SSSR count). The second kappa shape index (κ2) is 9.60. The molecule has 0 saturated carbocycles. The lowest BCUT2D eigenvalue weighted by molar-refractivity contribution is -0.132. The average Bonchev–Trinajstić information content (AvgIpc) is 3.09. The van der Waals surface area contributed by atoms with Crippen LogP contribution >= 0.6 is 0 Å². The van der Waals surface area contributed by atoms with Crippen LogP contribution in [0.1, 0.15) is 56.0 Å². The number of fused-ring (bicyclic) bond motifs is 1. The third kappa shape index (κ3) is 4.67. The van der Waals surface area contributed by atoms with E-state index in [-0.39, 0.29) is 24.1 Å². The van der Waals surface area contributed by atoms with Crippen LogP contribution in [0, 0.1) is 0 Å². The minimum absolute atomic E-state index is 0.00202. The summed E-state index contributed by atoms with van der Waals surface area (Å²) in [5.74, 6) is 0.0170. The smallest absolute Gasteiger partial charge is 0.254 e. The van der Waals surface area contributed by atoms with E-state index in [2.05, 4.69) is 24.1 Å². The van der Waals surface area contributed by atoms with Crippen molar-refractivity contribution in [3.05, 3.63) is 35.4 Å². The second-order valence-corrected chi connectivity index (χ2v) is 8.33. The second-order valence-electron chi connectivity index (χ2n) is 8.33. The first kappa shape index (κ1) is 22.3. The van der Waals surface area contributed by atoms with E-state index in [1.54, 1.807) is 6.92 Å². The summed E-state index contributed by atoms with van der Waals surface area (Å²) < 4.78 is 0. The van der Waals surface area contributed by atoms with Gasteiger partial charge in [-0.3, -0.25) is 14.4 Å². The Morgan fingerprint density at radius 2 is 1.80 bits per heavy atom. The van der Waals surface area contributed by atoms with Crippen LogP contribution in [0.5, 0.6) is 0 Å². The maximum absolute atomic E-state index is 13.2. The maximum Gasteiger partial charge on any atom is 0.254 e. The molecule has 0 unspecified atom stereocenters. The first-order valence-electron chi connectivity index (χ1n) is 11.0. The summed E-state index contributed by atoms with van der Waals surface area (Å²) in [6, 6.07) is 7.67. The molecule has 1 N–H and O–H groups in total. The van der Waals surface area contributed by atoms with E-state index in [1.165, 1.54) is 0 Å². The summed E-state index contributed by atoms with van der Waals surface area (Å²) in [7, 11) is 0. The molecule has 164 valence electrons. The van der Waals surface area contributed by atoms with Crippen molar-refractivity contribution >= 4 is 17.7 Å². The molecular weight excluding hydrogens is 380 g/mol. The number of benzene rings is 1. The van der Waals surface area contributed by atoms with Gasteiger partial charge >= 0.3 is 0 Å². The molecule has 7 heteroatoms. The highest BCUT2D eigenvalue weighted by molar-refractivity contribution is 5.99. The standard InChI is InChI=1S/C23H34N4O3/c1-4-25(5-2)15-12-24-21(29)16-23(10-13-26(14-11-23)18(3)28)27-17-19-8-6-7-9-20(19)22(27)30/h6-9H,4-5,10-17H2,1-3H3,(H,24,29).